The van der Waals surface area contributed by atoms with Gasteiger partial charge in [0.2, 0.25) is 0 Å². The van der Waals surface area contributed by atoms with Crippen molar-refractivity contribution in [3.05, 3.63) is 23.3 Å². The maximum Gasteiger partial charge on any atom is 0.305 e. The van der Waals surface area contributed by atoms with Crippen LogP contribution in [0.4, 0.5) is 0 Å². The Bertz CT molecular complexity index is 1440. The molecule has 270 valence electrons. The van der Waals surface area contributed by atoms with Crippen LogP contribution in [0.25, 0.3) is 0 Å². The van der Waals surface area contributed by atoms with Gasteiger partial charge in [-0.1, -0.05) is 51.8 Å². The first-order chi connectivity index (χ1) is 23.2. The molecule has 0 saturated heterocycles. The van der Waals surface area contributed by atoms with Crippen molar-refractivity contribution < 1.29 is 28.7 Å². The first-order valence-corrected chi connectivity index (χ1v) is 20.1. The van der Waals surface area contributed by atoms with Crippen molar-refractivity contribution in [2.45, 2.75) is 163 Å². The van der Waals surface area contributed by atoms with Crippen molar-refractivity contribution in [1.29, 1.82) is 0 Å². The minimum atomic E-state index is -0.157. The molecule has 12 atom stereocenters. The third-order valence-electron chi connectivity index (χ3n) is 16.5. The highest BCUT2D eigenvalue weighted by atomic mass is 16.5. The molecule has 0 aromatic carbocycles. The Balaban J connectivity index is 0.000000154. The minimum absolute atomic E-state index is 0.0411. The molecule has 12 unspecified atom stereocenters. The average Bonchev–Trinajstić information content (AvgIpc) is 3.56. The van der Waals surface area contributed by atoms with Crippen LogP contribution in [0.3, 0.4) is 0 Å². The van der Waals surface area contributed by atoms with Crippen molar-refractivity contribution in [3.8, 4) is 0 Å². The topological polar surface area (TPSA) is 86.7 Å². The first-order valence-electron chi connectivity index (χ1n) is 20.1. The highest BCUT2D eigenvalue weighted by Gasteiger charge is 2.61. The summed E-state index contributed by atoms with van der Waals surface area (Å²) in [5.74, 6) is 4.74. The maximum atomic E-state index is 12.4. The molecule has 0 aromatic heterocycles. The second-order valence-corrected chi connectivity index (χ2v) is 18.6. The van der Waals surface area contributed by atoms with E-state index in [1.165, 1.54) is 43.8 Å². The summed E-state index contributed by atoms with van der Waals surface area (Å²) in [6.45, 7) is 12.9. The van der Waals surface area contributed by atoms with Gasteiger partial charge < -0.3 is 9.47 Å². The Morgan fingerprint density at radius 2 is 1.41 bits per heavy atom. The lowest BCUT2D eigenvalue weighted by Crippen LogP contribution is -2.51. The molecule has 0 radical (unpaired) electrons. The zero-order valence-electron chi connectivity index (χ0n) is 31.2. The smallest absolute Gasteiger partial charge is 0.305 e. The normalized spacial score (nSPS) is 46.6. The molecule has 0 N–H and O–H groups in total. The van der Waals surface area contributed by atoms with Crippen LogP contribution < -0.4 is 0 Å². The van der Waals surface area contributed by atoms with Gasteiger partial charge in [0, 0.05) is 43.4 Å². The number of fused-ring (bicyclic) bond motifs is 10. The van der Waals surface area contributed by atoms with Gasteiger partial charge in [0.05, 0.1) is 0 Å². The van der Waals surface area contributed by atoms with E-state index < -0.39 is 0 Å². The maximum absolute atomic E-state index is 12.4. The van der Waals surface area contributed by atoms with Crippen molar-refractivity contribution >= 4 is 23.5 Å². The second-order valence-electron chi connectivity index (χ2n) is 18.6. The van der Waals surface area contributed by atoms with Gasteiger partial charge in [-0.25, -0.2) is 0 Å². The van der Waals surface area contributed by atoms with E-state index in [1.54, 1.807) is 0 Å². The molecule has 8 rings (SSSR count). The summed E-state index contributed by atoms with van der Waals surface area (Å²) in [5.41, 5.74) is 3.56. The van der Waals surface area contributed by atoms with Crippen molar-refractivity contribution in [1.82, 2.24) is 0 Å². The number of hydrogen-bond acceptors (Lipinski definition) is 6. The van der Waals surface area contributed by atoms with Crippen LogP contribution in [-0.4, -0.2) is 35.7 Å². The van der Waals surface area contributed by atoms with Gasteiger partial charge in [-0.15, -0.1) is 0 Å². The highest BCUT2D eigenvalue weighted by Crippen LogP contribution is 2.66. The molecular formula is C43H62O6. The third-order valence-corrected chi connectivity index (χ3v) is 16.5. The summed E-state index contributed by atoms with van der Waals surface area (Å²) in [4.78, 5) is 47.5. The molecule has 8 aliphatic carbocycles. The number of rotatable bonds is 3. The summed E-state index contributed by atoms with van der Waals surface area (Å²) in [6, 6.07) is 0. The van der Waals surface area contributed by atoms with Gasteiger partial charge in [0.25, 0.3) is 0 Å². The molecule has 0 aromatic rings. The van der Waals surface area contributed by atoms with E-state index in [-0.39, 0.29) is 45.8 Å². The van der Waals surface area contributed by atoms with Gasteiger partial charge in [-0.2, -0.15) is 0 Å². The lowest BCUT2D eigenvalue weighted by atomic mass is 9.47. The highest BCUT2D eigenvalue weighted by molar-refractivity contribution is 5.91. The number of Topliss-reactive ketones (excluding diaryl/α,β-unsaturated/α-hetero) is 1. The SMILES string of the molecule is CC(=O)OC1CCC2(C)C(=CCC3C4CCC(=O)C4(C)CCC32)C1.CCC(=O)OC1CCC2C3CCC4=CC(=O)CCC4(C)C3CCC12C. The van der Waals surface area contributed by atoms with Gasteiger partial charge in [0.15, 0.2) is 5.78 Å². The fourth-order valence-electron chi connectivity index (χ4n) is 13.7. The van der Waals surface area contributed by atoms with E-state index in [9.17, 15) is 19.2 Å². The van der Waals surface area contributed by atoms with Gasteiger partial charge in [-0.05, 0) is 136 Å². The standard InChI is InChI=1S/C22H32O3.C21H30O3/c1-4-20(24)25-19-8-7-17-16-6-5-14-13-15(23)9-11-21(14,2)18(16)10-12-22(17,19)3;1-13(22)24-15-8-10-20(2)14(12-15)4-5-16-17-6-7-19(23)21(17,3)11-9-18(16)20/h13,16-19H,4-12H2,1-3H3;4,15-18H,5-12H2,1-3H3. The van der Waals surface area contributed by atoms with E-state index in [0.29, 0.717) is 47.6 Å². The average molecular weight is 675 g/mol. The summed E-state index contributed by atoms with van der Waals surface area (Å²) >= 11 is 0. The zero-order valence-corrected chi connectivity index (χ0v) is 31.2. The van der Waals surface area contributed by atoms with Crippen LogP contribution in [0.2, 0.25) is 0 Å². The molecule has 0 heterocycles. The van der Waals surface area contributed by atoms with Crippen LogP contribution in [0.5, 0.6) is 0 Å². The number of ketones is 2. The molecule has 6 heteroatoms. The number of carbonyl (C=O) groups excluding carboxylic acids is 4. The summed E-state index contributed by atoms with van der Waals surface area (Å²) in [7, 11) is 0. The quantitative estimate of drug-likeness (QED) is 0.219. The number of esters is 2. The minimum Gasteiger partial charge on any atom is -0.462 e. The molecular weight excluding hydrogens is 612 g/mol. The molecule has 0 bridgehead atoms. The Morgan fingerprint density at radius 3 is 2.16 bits per heavy atom. The number of allylic oxidation sites excluding steroid dienone is 2. The Hall–Kier alpha value is -2.24. The van der Waals surface area contributed by atoms with Crippen molar-refractivity contribution in [3.63, 3.8) is 0 Å². The predicted octanol–water partition coefficient (Wildman–Crippen LogP) is 9.29. The molecule has 8 aliphatic rings. The number of hydrogen-bond donors (Lipinski definition) is 0. The fourth-order valence-corrected chi connectivity index (χ4v) is 13.7. The van der Waals surface area contributed by atoms with Gasteiger partial charge >= 0.3 is 11.9 Å². The molecule has 6 fully saturated rings. The lowest BCUT2D eigenvalue weighted by molar-refractivity contribution is -0.159. The lowest BCUT2D eigenvalue weighted by Gasteiger charge is -2.57. The molecule has 0 aliphatic heterocycles. The van der Waals surface area contributed by atoms with Gasteiger partial charge in [-0.3, -0.25) is 19.2 Å². The van der Waals surface area contributed by atoms with Gasteiger partial charge in [0.1, 0.15) is 18.0 Å². The summed E-state index contributed by atoms with van der Waals surface area (Å²) < 4.78 is 11.4. The van der Waals surface area contributed by atoms with Crippen molar-refractivity contribution in [2.75, 3.05) is 0 Å². The third kappa shape index (κ3) is 5.72. The summed E-state index contributed by atoms with van der Waals surface area (Å²) in [6.07, 6.45) is 22.1. The Morgan fingerprint density at radius 1 is 0.714 bits per heavy atom. The number of ether oxygens (including phenoxy) is 2. The van der Waals surface area contributed by atoms with Crippen LogP contribution in [0.1, 0.15) is 151 Å². The number of carbonyl (C=O) groups is 4. The predicted molar refractivity (Wildman–Crippen MR) is 189 cm³/mol. The largest absolute Gasteiger partial charge is 0.462 e. The van der Waals surface area contributed by atoms with Crippen LogP contribution >= 0.6 is 0 Å². The molecule has 0 spiro atoms. The molecule has 0 amide bonds. The Kier molecular flexibility index (Phi) is 9.16. The molecule has 6 saturated carbocycles. The van der Waals surface area contributed by atoms with Crippen molar-refractivity contribution in [2.24, 2.45) is 57.2 Å². The van der Waals surface area contributed by atoms with Crippen LogP contribution in [0, 0.1) is 57.2 Å². The Labute approximate surface area is 295 Å². The molecule has 49 heavy (non-hydrogen) atoms. The zero-order chi connectivity index (χ0) is 34.9. The second kappa shape index (κ2) is 12.8. The van der Waals surface area contributed by atoms with E-state index in [2.05, 4.69) is 33.8 Å². The van der Waals surface area contributed by atoms with E-state index in [0.717, 1.165) is 83.0 Å². The summed E-state index contributed by atoms with van der Waals surface area (Å²) in [5, 5.41) is 0. The monoisotopic (exact) mass is 674 g/mol. The van der Waals surface area contributed by atoms with Crippen LogP contribution in [0.15, 0.2) is 23.3 Å². The molecule has 6 nitrogen and oxygen atoms in total. The fraction of sp³-hybridized carbons (Fsp3) is 0.814. The van der Waals surface area contributed by atoms with E-state index in [1.807, 2.05) is 13.0 Å². The van der Waals surface area contributed by atoms with E-state index >= 15 is 0 Å². The van der Waals surface area contributed by atoms with Crippen LogP contribution in [-0.2, 0) is 28.7 Å². The van der Waals surface area contributed by atoms with E-state index in [4.69, 9.17) is 9.47 Å². The first kappa shape index (κ1) is 35.2.